The van der Waals surface area contributed by atoms with Gasteiger partial charge in [-0.25, -0.2) is 9.69 Å². The fourth-order valence-electron chi connectivity index (χ4n) is 3.84. The molecule has 3 rings (SSSR count). The molecular formula is C18H30F3N5O2Si. The molecule has 2 N–H and O–H groups in total. The molecule has 7 nitrogen and oxygen atoms in total. The summed E-state index contributed by atoms with van der Waals surface area (Å²) in [6, 6.07) is 0.876. The van der Waals surface area contributed by atoms with Crippen LogP contribution >= 0.6 is 0 Å². The van der Waals surface area contributed by atoms with E-state index in [2.05, 4.69) is 24.7 Å². The fraction of sp³-hybridized carbons (Fsp3) is 0.778. The number of nitrogens with zero attached hydrogens (tertiary/aromatic N) is 4. The van der Waals surface area contributed by atoms with Crippen LogP contribution in [0.15, 0.2) is 0 Å². The number of ether oxygens (including phenoxy) is 1. The number of alkyl halides is 3. The van der Waals surface area contributed by atoms with Crippen LogP contribution in [0, 0.1) is 0 Å². The molecule has 3 heterocycles. The van der Waals surface area contributed by atoms with Gasteiger partial charge in [0.05, 0.1) is 0 Å². The first-order chi connectivity index (χ1) is 13.5. The number of hydrogen-bond donors (Lipinski definition) is 1. The Labute approximate surface area is 169 Å². The number of halogens is 3. The van der Waals surface area contributed by atoms with Gasteiger partial charge < -0.3 is 9.64 Å². The summed E-state index contributed by atoms with van der Waals surface area (Å²) in [5.74, 6) is 5.40. The molecular weight excluding hydrogens is 403 g/mol. The molecule has 164 valence electrons. The van der Waals surface area contributed by atoms with Crippen LogP contribution in [0.2, 0.25) is 25.7 Å². The third-order valence-electron chi connectivity index (χ3n) is 5.53. The standard InChI is InChI=1S/C18H30F3N5O2Si/c1-29(2,3)11-10-28-12-26-15-14(16(23-26)18(19,20)21)6-9-25(17(15)27)13-4-7-24(22)8-5-13/h13H,4-12,22H2,1-3H3. The van der Waals surface area contributed by atoms with Gasteiger partial charge >= 0.3 is 6.18 Å². The highest BCUT2D eigenvalue weighted by molar-refractivity contribution is 6.76. The second kappa shape index (κ2) is 8.36. The lowest BCUT2D eigenvalue weighted by Gasteiger charge is -2.39. The van der Waals surface area contributed by atoms with E-state index in [4.69, 9.17) is 10.6 Å². The van der Waals surface area contributed by atoms with Gasteiger partial charge in [-0.2, -0.15) is 18.3 Å². The molecule has 1 saturated heterocycles. The highest BCUT2D eigenvalue weighted by atomic mass is 28.3. The summed E-state index contributed by atoms with van der Waals surface area (Å²) in [5.41, 5.74) is -0.957. The quantitative estimate of drug-likeness (QED) is 0.424. The van der Waals surface area contributed by atoms with Gasteiger partial charge in [0.25, 0.3) is 5.91 Å². The van der Waals surface area contributed by atoms with E-state index >= 15 is 0 Å². The number of nitrogens with two attached hydrogens (primary N) is 1. The molecule has 0 spiro atoms. The maximum atomic E-state index is 13.5. The normalized spacial score (nSPS) is 19.7. The molecule has 0 aliphatic carbocycles. The van der Waals surface area contributed by atoms with Crippen LogP contribution in [0.4, 0.5) is 13.2 Å². The highest BCUT2D eigenvalue weighted by Crippen LogP contribution is 2.36. The maximum Gasteiger partial charge on any atom is 0.435 e. The summed E-state index contributed by atoms with van der Waals surface area (Å²) in [5, 5.41) is 5.44. The van der Waals surface area contributed by atoms with Crippen molar-refractivity contribution < 1.29 is 22.7 Å². The van der Waals surface area contributed by atoms with Gasteiger partial charge in [0, 0.05) is 45.9 Å². The molecule has 11 heteroatoms. The van der Waals surface area contributed by atoms with Crippen LogP contribution in [0.1, 0.15) is 34.6 Å². The topological polar surface area (TPSA) is 76.6 Å². The van der Waals surface area contributed by atoms with Crippen molar-refractivity contribution in [2.45, 2.75) is 63.9 Å². The van der Waals surface area contributed by atoms with E-state index in [0.29, 0.717) is 32.5 Å². The minimum atomic E-state index is -4.60. The van der Waals surface area contributed by atoms with E-state index in [1.165, 1.54) is 0 Å². The number of rotatable bonds is 6. The predicted octanol–water partition coefficient (Wildman–Crippen LogP) is 2.55. The Morgan fingerprint density at radius 2 is 1.86 bits per heavy atom. The van der Waals surface area contributed by atoms with E-state index < -0.39 is 25.9 Å². The van der Waals surface area contributed by atoms with Crippen LogP contribution in [-0.2, 0) is 24.1 Å². The molecule has 0 aromatic carbocycles. The van der Waals surface area contributed by atoms with Crippen molar-refractivity contribution >= 4 is 14.0 Å². The Morgan fingerprint density at radius 1 is 1.21 bits per heavy atom. The Hall–Kier alpha value is -1.43. The van der Waals surface area contributed by atoms with Crippen LogP contribution in [-0.4, -0.2) is 66.0 Å². The summed E-state index contributed by atoms with van der Waals surface area (Å²) < 4.78 is 47.2. The monoisotopic (exact) mass is 433 g/mol. The zero-order valence-electron chi connectivity index (χ0n) is 17.3. The molecule has 2 aliphatic rings. The van der Waals surface area contributed by atoms with Crippen molar-refractivity contribution in [2.24, 2.45) is 5.84 Å². The number of fused-ring (bicyclic) bond motifs is 1. The molecule has 1 amide bonds. The number of carbonyl (C=O) groups is 1. The zero-order chi connectivity index (χ0) is 21.4. The van der Waals surface area contributed by atoms with Crippen molar-refractivity contribution in [3.05, 3.63) is 17.0 Å². The largest absolute Gasteiger partial charge is 0.435 e. The van der Waals surface area contributed by atoms with E-state index in [1.807, 2.05) is 0 Å². The Balaban J connectivity index is 1.81. The first-order valence-corrected chi connectivity index (χ1v) is 13.7. The van der Waals surface area contributed by atoms with Crippen LogP contribution < -0.4 is 5.84 Å². The number of amides is 1. The Bertz CT molecular complexity index is 739. The Kier molecular flexibility index (Phi) is 6.42. The van der Waals surface area contributed by atoms with Gasteiger partial charge in [0.2, 0.25) is 0 Å². The summed E-state index contributed by atoms with van der Waals surface area (Å²) in [6.07, 6.45) is -3.02. The smallest absolute Gasteiger partial charge is 0.360 e. The molecule has 0 unspecified atom stereocenters. The van der Waals surface area contributed by atoms with E-state index in [0.717, 1.165) is 10.7 Å². The number of carbonyl (C=O) groups excluding carboxylic acids is 1. The lowest BCUT2D eigenvalue weighted by atomic mass is 9.97. The average Bonchev–Trinajstić information content (AvgIpc) is 2.99. The highest BCUT2D eigenvalue weighted by Gasteiger charge is 2.44. The van der Waals surface area contributed by atoms with Crippen molar-refractivity contribution in [3.63, 3.8) is 0 Å². The van der Waals surface area contributed by atoms with Crippen molar-refractivity contribution in [3.8, 4) is 0 Å². The number of hydrazine groups is 1. The molecule has 0 atom stereocenters. The zero-order valence-corrected chi connectivity index (χ0v) is 18.3. The lowest BCUT2D eigenvalue weighted by Crippen LogP contribution is -2.51. The molecule has 1 aromatic rings. The average molecular weight is 434 g/mol. The number of hydrogen-bond acceptors (Lipinski definition) is 5. The molecule has 1 aromatic heterocycles. The molecule has 0 bridgehead atoms. The van der Waals surface area contributed by atoms with Gasteiger partial charge in [0.15, 0.2) is 5.69 Å². The summed E-state index contributed by atoms with van der Waals surface area (Å²) >= 11 is 0. The summed E-state index contributed by atoms with van der Waals surface area (Å²) in [6.45, 7) is 8.47. The fourth-order valence-corrected chi connectivity index (χ4v) is 4.60. The lowest BCUT2D eigenvalue weighted by molar-refractivity contribution is -0.142. The summed E-state index contributed by atoms with van der Waals surface area (Å²) in [4.78, 5) is 14.8. The third kappa shape index (κ3) is 5.19. The van der Waals surface area contributed by atoms with Crippen LogP contribution in [0.3, 0.4) is 0 Å². The molecule has 0 saturated carbocycles. The van der Waals surface area contributed by atoms with Gasteiger partial charge in [-0.05, 0) is 25.3 Å². The first kappa shape index (κ1) is 22.3. The molecule has 29 heavy (non-hydrogen) atoms. The predicted molar refractivity (Wildman–Crippen MR) is 105 cm³/mol. The van der Waals surface area contributed by atoms with Crippen LogP contribution in [0.5, 0.6) is 0 Å². The number of aromatic nitrogens is 2. The van der Waals surface area contributed by atoms with Gasteiger partial charge in [-0.1, -0.05) is 19.6 Å². The summed E-state index contributed by atoms with van der Waals surface area (Å²) in [7, 11) is -1.33. The third-order valence-corrected chi connectivity index (χ3v) is 7.24. The van der Waals surface area contributed by atoms with Gasteiger partial charge in [-0.3, -0.25) is 10.6 Å². The van der Waals surface area contributed by atoms with E-state index in [1.54, 1.807) is 9.91 Å². The SMILES string of the molecule is C[Si](C)(C)CCOCn1nc(C(F)(F)F)c2c1C(=O)N(C1CCN(N)CC1)CC2. The second-order valence-corrected chi connectivity index (χ2v) is 14.7. The minimum Gasteiger partial charge on any atom is -0.360 e. The van der Waals surface area contributed by atoms with Gasteiger partial charge in [0.1, 0.15) is 12.4 Å². The van der Waals surface area contributed by atoms with Crippen molar-refractivity contribution in [1.82, 2.24) is 19.7 Å². The van der Waals surface area contributed by atoms with Crippen LogP contribution in [0.25, 0.3) is 0 Å². The second-order valence-electron chi connectivity index (χ2n) is 9.04. The Morgan fingerprint density at radius 3 is 2.45 bits per heavy atom. The van der Waals surface area contributed by atoms with E-state index in [-0.39, 0.29) is 37.0 Å². The molecule has 2 aliphatic heterocycles. The van der Waals surface area contributed by atoms with E-state index in [9.17, 15) is 18.0 Å². The number of piperidine rings is 1. The molecule has 1 fully saturated rings. The van der Waals surface area contributed by atoms with Crippen molar-refractivity contribution in [1.29, 1.82) is 0 Å². The maximum absolute atomic E-state index is 13.5. The minimum absolute atomic E-state index is 0.0104. The molecule has 0 radical (unpaired) electrons. The van der Waals surface area contributed by atoms with Crippen molar-refractivity contribution in [2.75, 3.05) is 26.2 Å². The van der Waals surface area contributed by atoms with Gasteiger partial charge in [-0.15, -0.1) is 0 Å². The first-order valence-electron chi connectivity index (χ1n) is 10.0.